The molecule has 0 spiro atoms. The topological polar surface area (TPSA) is 154 Å². The van der Waals surface area contributed by atoms with Crippen LogP contribution in [0.5, 0.6) is 5.75 Å². The molecule has 1 aromatic heterocycles. The first-order valence-electron chi connectivity index (χ1n) is 11.5. The van der Waals surface area contributed by atoms with Gasteiger partial charge in [-0.2, -0.15) is 0 Å². The fourth-order valence-electron chi connectivity index (χ4n) is 3.96. The number of para-hydroxylation sites is 1. The van der Waals surface area contributed by atoms with Crippen molar-refractivity contribution in [2.75, 3.05) is 43.0 Å². The predicted octanol–water partition coefficient (Wildman–Crippen LogP) is 2.05. The number of benzene rings is 1. The molecule has 3 N–H and O–H groups in total. The second-order valence-electron chi connectivity index (χ2n) is 9.19. The molecule has 198 valence electrons. The van der Waals surface area contributed by atoms with Gasteiger partial charge in [0.1, 0.15) is 17.5 Å². The normalized spacial score (nSPS) is 19.0. The summed E-state index contributed by atoms with van der Waals surface area (Å²) >= 11 is 0. The maximum atomic E-state index is 13.4. The van der Waals surface area contributed by atoms with Crippen molar-refractivity contribution in [2.24, 2.45) is 5.92 Å². The summed E-state index contributed by atoms with van der Waals surface area (Å²) in [5, 5.41) is 16.4. The van der Waals surface area contributed by atoms with Gasteiger partial charge in [-0.1, -0.05) is 18.1 Å². The van der Waals surface area contributed by atoms with Gasteiger partial charge in [-0.15, -0.1) is 0 Å². The number of aliphatic hydroxyl groups is 1. The third-order valence-electron chi connectivity index (χ3n) is 6.05. The Morgan fingerprint density at radius 1 is 1.36 bits per heavy atom. The number of carbonyl (C=O) groups excluding carboxylic acids is 2. The van der Waals surface area contributed by atoms with Gasteiger partial charge in [-0.05, 0) is 32.9 Å². The summed E-state index contributed by atoms with van der Waals surface area (Å²) in [7, 11) is -2.07. The average Bonchev–Trinajstić information content (AvgIpc) is 3.12. The van der Waals surface area contributed by atoms with Gasteiger partial charge >= 0.3 is 6.03 Å². The second-order valence-corrected chi connectivity index (χ2v) is 10.9. The number of hydrogen-bond donors (Lipinski definition) is 3. The predicted molar refractivity (Wildman–Crippen MR) is 134 cm³/mol. The molecule has 13 heteroatoms. The first kappa shape index (κ1) is 27.3. The SMILES string of the molecule is Cc1noc(C)c1NC(=O)N(C)C[C@H]1Oc2c(NS(C)(=O)=O)cccc2C(=O)N([C@H](C)CO)C[C@H]1C. The highest BCUT2D eigenvalue weighted by atomic mass is 32.2. The highest BCUT2D eigenvalue weighted by Crippen LogP contribution is 2.35. The zero-order chi connectivity index (χ0) is 26.8. The zero-order valence-electron chi connectivity index (χ0n) is 21.2. The van der Waals surface area contributed by atoms with Gasteiger partial charge in [0.15, 0.2) is 11.5 Å². The van der Waals surface area contributed by atoms with E-state index in [1.54, 1.807) is 40.0 Å². The Kier molecular flexibility index (Phi) is 8.14. The van der Waals surface area contributed by atoms with E-state index in [4.69, 9.17) is 9.26 Å². The number of aromatic nitrogens is 1. The molecule has 0 fully saturated rings. The van der Waals surface area contributed by atoms with Crippen LogP contribution >= 0.6 is 0 Å². The number of anilines is 2. The van der Waals surface area contributed by atoms with E-state index in [-0.39, 0.29) is 42.6 Å². The summed E-state index contributed by atoms with van der Waals surface area (Å²) in [6.45, 7) is 7.13. The van der Waals surface area contributed by atoms with Gasteiger partial charge in [0.05, 0.1) is 36.7 Å². The third-order valence-corrected chi connectivity index (χ3v) is 6.64. The van der Waals surface area contributed by atoms with Gasteiger partial charge in [0.2, 0.25) is 10.0 Å². The standard InChI is InChI=1S/C23H33N5O7S/c1-13-10-28(14(2)12-29)22(30)17-8-7-9-18(26-36(6,32)33)21(17)34-19(13)11-27(5)23(31)24-20-15(3)25-35-16(20)4/h7-9,13-14,19,26,29H,10-12H2,1-6H3,(H,24,31)/t13-,14-,19-/m1/s1. The molecule has 36 heavy (non-hydrogen) atoms. The van der Waals surface area contributed by atoms with Gasteiger partial charge < -0.3 is 29.5 Å². The minimum absolute atomic E-state index is 0.0687. The first-order valence-corrected chi connectivity index (χ1v) is 13.4. The number of carbonyl (C=O) groups is 2. The number of fused-ring (bicyclic) bond motifs is 1. The van der Waals surface area contributed by atoms with E-state index in [2.05, 4.69) is 15.2 Å². The fourth-order valence-corrected chi connectivity index (χ4v) is 4.52. The van der Waals surface area contributed by atoms with Crippen molar-refractivity contribution in [3.05, 3.63) is 35.2 Å². The molecule has 0 unspecified atom stereocenters. The van der Waals surface area contributed by atoms with Crippen LogP contribution in [-0.4, -0.2) is 85.6 Å². The molecule has 0 saturated heterocycles. The molecule has 0 saturated carbocycles. The quantitative estimate of drug-likeness (QED) is 0.498. The van der Waals surface area contributed by atoms with Crippen LogP contribution in [0.2, 0.25) is 0 Å². The molecule has 1 aliphatic rings. The van der Waals surface area contributed by atoms with Gasteiger partial charge in [0, 0.05) is 19.5 Å². The Morgan fingerprint density at radius 3 is 2.64 bits per heavy atom. The smallest absolute Gasteiger partial charge is 0.321 e. The summed E-state index contributed by atoms with van der Waals surface area (Å²) in [4.78, 5) is 29.3. The van der Waals surface area contributed by atoms with Crippen molar-refractivity contribution in [2.45, 2.75) is 39.8 Å². The Morgan fingerprint density at radius 2 is 2.06 bits per heavy atom. The molecular formula is C23H33N5O7S. The minimum Gasteiger partial charge on any atom is -0.485 e. The number of rotatable bonds is 7. The van der Waals surface area contributed by atoms with E-state index in [0.29, 0.717) is 17.1 Å². The molecule has 0 radical (unpaired) electrons. The lowest BCUT2D eigenvalue weighted by Gasteiger charge is -2.38. The van der Waals surface area contributed by atoms with E-state index in [1.165, 1.54) is 15.9 Å². The number of nitrogens with one attached hydrogen (secondary N) is 2. The van der Waals surface area contributed by atoms with Gasteiger partial charge in [-0.3, -0.25) is 9.52 Å². The van der Waals surface area contributed by atoms with Crippen molar-refractivity contribution in [3.63, 3.8) is 0 Å². The Labute approximate surface area is 210 Å². The third kappa shape index (κ3) is 6.08. The molecule has 1 aliphatic heterocycles. The van der Waals surface area contributed by atoms with Crippen LogP contribution in [-0.2, 0) is 10.0 Å². The molecular weight excluding hydrogens is 490 g/mol. The second kappa shape index (κ2) is 10.7. The lowest BCUT2D eigenvalue weighted by Crippen LogP contribution is -2.50. The van der Waals surface area contributed by atoms with Crippen molar-refractivity contribution >= 4 is 33.3 Å². The number of hydrogen-bond acceptors (Lipinski definition) is 8. The number of urea groups is 1. The minimum atomic E-state index is -3.67. The van der Waals surface area contributed by atoms with Crippen molar-refractivity contribution in [3.8, 4) is 5.75 Å². The van der Waals surface area contributed by atoms with E-state index >= 15 is 0 Å². The zero-order valence-corrected chi connectivity index (χ0v) is 22.0. The summed E-state index contributed by atoms with van der Waals surface area (Å²) in [5.41, 5.74) is 1.30. The number of amides is 3. The monoisotopic (exact) mass is 523 g/mol. The molecule has 2 heterocycles. The van der Waals surface area contributed by atoms with Crippen molar-refractivity contribution in [1.29, 1.82) is 0 Å². The molecule has 3 rings (SSSR count). The summed E-state index contributed by atoms with van der Waals surface area (Å²) < 4.78 is 37.8. The fraction of sp³-hybridized carbons (Fsp3) is 0.522. The van der Waals surface area contributed by atoms with Crippen molar-refractivity contribution in [1.82, 2.24) is 15.0 Å². The Bertz CT molecular complexity index is 1210. The highest BCUT2D eigenvalue weighted by molar-refractivity contribution is 7.92. The van der Waals surface area contributed by atoms with Crippen LogP contribution in [0, 0.1) is 19.8 Å². The van der Waals surface area contributed by atoms with E-state index in [1.807, 2.05) is 6.92 Å². The molecule has 0 aliphatic carbocycles. The van der Waals surface area contributed by atoms with Gasteiger partial charge in [-0.25, -0.2) is 13.2 Å². The van der Waals surface area contributed by atoms with E-state index in [9.17, 15) is 23.1 Å². The van der Waals surface area contributed by atoms with Crippen LogP contribution in [0.1, 0.15) is 35.7 Å². The first-order chi connectivity index (χ1) is 16.8. The van der Waals surface area contributed by atoms with Crippen LogP contribution in [0.15, 0.2) is 22.7 Å². The number of likely N-dealkylation sites (N-methyl/N-ethyl adjacent to an activating group) is 1. The molecule has 1 aromatic carbocycles. The molecule has 0 bridgehead atoms. The summed E-state index contributed by atoms with van der Waals surface area (Å²) in [6.07, 6.45) is 0.387. The molecule has 2 aromatic rings. The number of aryl methyl sites for hydroxylation is 2. The van der Waals surface area contributed by atoms with Crippen LogP contribution < -0.4 is 14.8 Å². The average molecular weight is 524 g/mol. The highest BCUT2D eigenvalue weighted by Gasteiger charge is 2.35. The lowest BCUT2D eigenvalue weighted by molar-refractivity contribution is 0.0373. The van der Waals surface area contributed by atoms with Crippen LogP contribution in [0.25, 0.3) is 0 Å². The maximum Gasteiger partial charge on any atom is 0.321 e. The Balaban J connectivity index is 1.96. The van der Waals surface area contributed by atoms with Gasteiger partial charge in [0.25, 0.3) is 5.91 Å². The van der Waals surface area contributed by atoms with E-state index < -0.39 is 34.1 Å². The molecule has 12 nitrogen and oxygen atoms in total. The van der Waals surface area contributed by atoms with E-state index in [0.717, 1.165) is 6.26 Å². The molecule has 3 amide bonds. The maximum absolute atomic E-state index is 13.4. The lowest BCUT2D eigenvalue weighted by atomic mass is 9.99. The Hall–Kier alpha value is -3.32. The summed E-state index contributed by atoms with van der Waals surface area (Å²) in [5.74, 6) is -0.128. The number of aliphatic hydroxyl groups excluding tert-OH is 1. The number of sulfonamides is 1. The number of ether oxygens (including phenoxy) is 1. The van der Waals surface area contributed by atoms with Crippen LogP contribution in [0.4, 0.5) is 16.2 Å². The molecule has 3 atom stereocenters. The van der Waals surface area contributed by atoms with Crippen molar-refractivity contribution < 1.29 is 32.4 Å². The summed E-state index contributed by atoms with van der Waals surface area (Å²) in [6, 6.07) is 3.70. The largest absolute Gasteiger partial charge is 0.485 e. The number of nitrogens with zero attached hydrogens (tertiary/aromatic N) is 3. The van der Waals surface area contributed by atoms with Crippen LogP contribution in [0.3, 0.4) is 0 Å².